The lowest BCUT2D eigenvalue weighted by atomic mass is 10.2. The number of rotatable bonds is 5. The molecule has 0 aliphatic heterocycles. The predicted molar refractivity (Wildman–Crippen MR) is 73.8 cm³/mol. The fourth-order valence-electron chi connectivity index (χ4n) is 1.49. The minimum atomic E-state index is -0.635. The third-order valence-corrected chi connectivity index (χ3v) is 2.27. The Morgan fingerprint density at radius 2 is 2.10 bits per heavy atom. The molecule has 0 heterocycles. The maximum absolute atomic E-state index is 11.5. The van der Waals surface area contributed by atoms with Gasteiger partial charge in [0.2, 0.25) is 0 Å². The van der Waals surface area contributed by atoms with Crippen molar-refractivity contribution < 1.29 is 19.2 Å². The van der Waals surface area contributed by atoms with Gasteiger partial charge in [-0.2, -0.15) is 5.26 Å². The quantitative estimate of drug-likeness (QED) is 0.469. The molecule has 1 rings (SSSR count). The number of hydrogen-bond donors (Lipinski definition) is 0. The summed E-state index contributed by atoms with van der Waals surface area (Å²) < 4.78 is 10.3. The van der Waals surface area contributed by atoms with Crippen LogP contribution in [-0.2, 0) is 9.53 Å². The molecule has 0 fully saturated rings. The van der Waals surface area contributed by atoms with Gasteiger partial charge in [-0.05, 0) is 32.9 Å². The average molecular weight is 292 g/mol. The van der Waals surface area contributed by atoms with Crippen LogP contribution in [0.4, 0.5) is 5.69 Å². The van der Waals surface area contributed by atoms with Crippen LogP contribution in [-0.4, -0.2) is 23.1 Å². The monoisotopic (exact) mass is 292 g/mol. The summed E-state index contributed by atoms with van der Waals surface area (Å²) in [6, 6.07) is 5.69. The zero-order chi connectivity index (χ0) is 16.0. The molecule has 1 aromatic carbocycles. The van der Waals surface area contributed by atoms with Gasteiger partial charge >= 0.3 is 11.7 Å². The molecule has 0 atom stereocenters. The van der Waals surface area contributed by atoms with E-state index in [2.05, 4.69) is 0 Å². The van der Waals surface area contributed by atoms with Crippen LogP contribution < -0.4 is 4.74 Å². The average Bonchev–Trinajstić information content (AvgIpc) is 2.36. The number of nitrogens with zero attached hydrogens (tertiary/aromatic N) is 2. The molecule has 7 nitrogen and oxygen atoms in total. The third-order valence-electron chi connectivity index (χ3n) is 2.27. The second-order valence-corrected chi connectivity index (χ2v) is 5.24. The molecule has 0 spiro atoms. The first-order valence-electron chi connectivity index (χ1n) is 6.26. The fourth-order valence-corrected chi connectivity index (χ4v) is 1.49. The first-order valence-corrected chi connectivity index (χ1v) is 6.26. The highest BCUT2D eigenvalue weighted by Crippen LogP contribution is 2.27. The largest absolute Gasteiger partial charge is 0.486 e. The summed E-state index contributed by atoms with van der Waals surface area (Å²) in [7, 11) is 0. The Kier molecular flexibility index (Phi) is 5.24. The molecule has 0 aromatic heterocycles. The Balaban J connectivity index is 2.66. The van der Waals surface area contributed by atoms with Crippen molar-refractivity contribution in [1.82, 2.24) is 0 Å². The number of ether oxygens (including phenoxy) is 2. The van der Waals surface area contributed by atoms with Crippen LogP contribution in [0.1, 0.15) is 32.8 Å². The minimum absolute atomic E-state index is 0.0163. The molecule has 0 aliphatic carbocycles. The minimum Gasteiger partial charge on any atom is -0.486 e. The van der Waals surface area contributed by atoms with E-state index in [4.69, 9.17) is 14.7 Å². The Hall–Kier alpha value is -2.62. The lowest BCUT2D eigenvalue weighted by molar-refractivity contribution is -0.385. The van der Waals surface area contributed by atoms with Gasteiger partial charge in [0.05, 0.1) is 29.6 Å². The molecule has 7 heteroatoms. The van der Waals surface area contributed by atoms with Gasteiger partial charge in [-0.1, -0.05) is 0 Å². The number of hydrogen-bond acceptors (Lipinski definition) is 6. The number of carbonyl (C=O) groups is 1. The van der Waals surface area contributed by atoms with Crippen molar-refractivity contribution in [2.45, 2.75) is 32.8 Å². The first kappa shape index (κ1) is 16.4. The third kappa shape index (κ3) is 5.48. The zero-order valence-electron chi connectivity index (χ0n) is 12.1. The summed E-state index contributed by atoms with van der Waals surface area (Å²) in [5, 5.41) is 19.6. The standard InChI is InChI=1S/C14H16N2O5/c1-14(2,3)21-13(17)6-7-20-12-5-4-10(9-15)8-11(12)16(18)19/h4-5,8H,6-7H2,1-3H3. The summed E-state index contributed by atoms with van der Waals surface area (Å²) in [5.74, 6) is -0.429. The Morgan fingerprint density at radius 1 is 1.43 bits per heavy atom. The molecular weight excluding hydrogens is 276 g/mol. The molecule has 0 radical (unpaired) electrons. The van der Waals surface area contributed by atoms with Crippen LogP contribution in [0.3, 0.4) is 0 Å². The molecule has 0 bridgehead atoms. The maximum atomic E-state index is 11.5. The molecule has 0 aliphatic rings. The van der Waals surface area contributed by atoms with E-state index in [1.165, 1.54) is 12.1 Å². The van der Waals surface area contributed by atoms with Crippen molar-refractivity contribution in [1.29, 1.82) is 5.26 Å². The van der Waals surface area contributed by atoms with Crippen molar-refractivity contribution in [2.75, 3.05) is 6.61 Å². The van der Waals surface area contributed by atoms with Gasteiger partial charge in [-0.15, -0.1) is 0 Å². The SMILES string of the molecule is CC(C)(C)OC(=O)CCOc1ccc(C#N)cc1[N+](=O)[O-]. The molecule has 0 saturated carbocycles. The molecular formula is C14H16N2O5. The maximum Gasteiger partial charge on any atom is 0.312 e. The van der Waals surface area contributed by atoms with Gasteiger partial charge in [0.15, 0.2) is 5.75 Å². The van der Waals surface area contributed by atoms with Crippen molar-refractivity contribution in [3.8, 4) is 11.8 Å². The van der Waals surface area contributed by atoms with E-state index in [-0.39, 0.29) is 30.0 Å². The van der Waals surface area contributed by atoms with Gasteiger partial charge < -0.3 is 9.47 Å². The van der Waals surface area contributed by atoms with E-state index in [0.717, 1.165) is 6.07 Å². The smallest absolute Gasteiger partial charge is 0.312 e. The molecule has 0 N–H and O–H groups in total. The van der Waals surface area contributed by atoms with Crippen molar-refractivity contribution >= 4 is 11.7 Å². The van der Waals surface area contributed by atoms with E-state index >= 15 is 0 Å². The first-order chi connectivity index (χ1) is 9.73. The summed E-state index contributed by atoms with van der Waals surface area (Å²) >= 11 is 0. The summed E-state index contributed by atoms with van der Waals surface area (Å²) in [6.45, 7) is 5.20. The number of nitro groups is 1. The molecule has 0 amide bonds. The summed E-state index contributed by atoms with van der Waals surface area (Å²) in [5.41, 5.74) is -0.725. The van der Waals surface area contributed by atoms with Crippen molar-refractivity contribution in [2.24, 2.45) is 0 Å². The number of esters is 1. The lowest BCUT2D eigenvalue weighted by Gasteiger charge is -2.19. The number of nitro benzene ring substituents is 1. The van der Waals surface area contributed by atoms with Gasteiger partial charge in [-0.25, -0.2) is 0 Å². The van der Waals surface area contributed by atoms with E-state index in [1.54, 1.807) is 20.8 Å². The highest BCUT2D eigenvalue weighted by molar-refractivity contribution is 5.70. The number of nitriles is 1. The molecule has 21 heavy (non-hydrogen) atoms. The van der Waals surface area contributed by atoms with Crippen LogP contribution in [0.5, 0.6) is 5.75 Å². The van der Waals surface area contributed by atoms with Gasteiger partial charge in [0.1, 0.15) is 5.60 Å². The van der Waals surface area contributed by atoms with E-state index in [9.17, 15) is 14.9 Å². The highest BCUT2D eigenvalue weighted by atomic mass is 16.6. The van der Waals surface area contributed by atoms with Crippen LogP contribution in [0, 0.1) is 21.4 Å². The van der Waals surface area contributed by atoms with Crippen LogP contribution in [0.15, 0.2) is 18.2 Å². The summed E-state index contributed by atoms with van der Waals surface area (Å²) in [6.07, 6.45) is -0.0194. The molecule has 0 unspecified atom stereocenters. The molecule has 112 valence electrons. The molecule has 0 saturated heterocycles. The number of benzene rings is 1. The van der Waals surface area contributed by atoms with Crippen molar-refractivity contribution in [3.05, 3.63) is 33.9 Å². The Bertz CT molecular complexity index is 584. The highest BCUT2D eigenvalue weighted by Gasteiger charge is 2.18. The van der Waals surface area contributed by atoms with E-state index in [1.807, 2.05) is 6.07 Å². The van der Waals surface area contributed by atoms with Crippen LogP contribution in [0.25, 0.3) is 0 Å². The second kappa shape index (κ2) is 6.70. The fraction of sp³-hybridized carbons (Fsp3) is 0.429. The topological polar surface area (TPSA) is 102 Å². The predicted octanol–water partition coefficient (Wildman–Crippen LogP) is 2.58. The lowest BCUT2D eigenvalue weighted by Crippen LogP contribution is -2.24. The second-order valence-electron chi connectivity index (χ2n) is 5.24. The summed E-state index contributed by atoms with van der Waals surface area (Å²) in [4.78, 5) is 21.8. The Morgan fingerprint density at radius 3 is 2.62 bits per heavy atom. The van der Waals surface area contributed by atoms with Crippen LogP contribution in [0.2, 0.25) is 0 Å². The van der Waals surface area contributed by atoms with Gasteiger partial charge in [-0.3, -0.25) is 14.9 Å². The van der Waals surface area contributed by atoms with E-state index < -0.39 is 16.5 Å². The normalized spacial score (nSPS) is 10.6. The van der Waals surface area contributed by atoms with Gasteiger partial charge in [0.25, 0.3) is 0 Å². The Labute approximate surface area is 122 Å². The van der Waals surface area contributed by atoms with Crippen LogP contribution >= 0.6 is 0 Å². The molecule has 1 aromatic rings. The van der Waals surface area contributed by atoms with E-state index in [0.29, 0.717) is 0 Å². The van der Waals surface area contributed by atoms with Gasteiger partial charge in [0, 0.05) is 6.07 Å². The zero-order valence-corrected chi connectivity index (χ0v) is 12.1. The number of carbonyl (C=O) groups excluding carboxylic acids is 1. The van der Waals surface area contributed by atoms with Crippen molar-refractivity contribution in [3.63, 3.8) is 0 Å².